The maximum Gasteiger partial charge on any atom is 0.264 e. The zero-order chi connectivity index (χ0) is 31.6. The third-order valence-corrected chi connectivity index (χ3v) is 9.95. The van der Waals surface area contributed by atoms with Crippen LogP contribution in [-0.2, 0) is 26.2 Å². The van der Waals surface area contributed by atoms with Gasteiger partial charge in [0.1, 0.15) is 18.3 Å². The molecule has 0 saturated heterocycles. The van der Waals surface area contributed by atoms with Crippen LogP contribution in [0.25, 0.3) is 0 Å². The molecule has 3 aromatic carbocycles. The second-order valence-corrected chi connectivity index (χ2v) is 13.1. The molecule has 0 spiro atoms. The standard InChI is InChI=1S/C32H40ClN3O5S2/c1-6-23(4)34-32(38)30(7-2)35(21-24-11-9-10-12-29(24)33)31(37)22-36(25-13-15-26(16-14-25)41-8-3)43(39,40)28-19-17-27(42-5)18-20-28/h9-20,23,30H,6-8,21-22H2,1-5H3,(H,34,38)/t23-,30-/m0/s1. The molecule has 0 aliphatic heterocycles. The summed E-state index contributed by atoms with van der Waals surface area (Å²) in [5.41, 5.74) is 0.941. The smallest absolute Gasteiger partial charge is 0.264 e. The molecule has 0 unspecified atom stereocenters. The molecule has 0 heterocycles. The quantitative estimate of drug-likeness (QED) is 0.193. The van der Waals surface area contributed by atoms with Crippen molar-refractivity contribution in [2.45, 2.75) is 69.0 Å². The third kappa shape index (κ3) is 8.90. The maximum atomic E-state index is 14.2. The zero-order valence-corrected chi connectivity index (χ0v) is 27.6. The van der Waals surface area contributed by atoms with Crippen LogP contribution in [0, 0.1) is 0 Å². The summed E-state index contributed by atoms with van der Waals surface area (Å²) in [4.78, 5) is 30.0. The zero-order valence-electron chi connectivity index (χ0n) is 25.2. The third-order valence-electron chi connectivity index (χ3n) is 7.05. The molecule has 0 aromatic heterocycles. The minimum Gasteiger partial charge on any atom is -0.494 e. The van der Waals surface area contributed by atoms with Crippen molar-refractivity contribution in [2.24, 2.45) is 0 Å². The van der Waals surface area contributed by atoms with Crippen LogP contribution < -0.4 is 14.4 Å². The van der Waals surface area contributed by atoms with Gasteiger partial charge in [-0.3, -0.25) is 13.9 Å². The molecule has 11 heteroatoms. The van der Waals surface area contributed by atoms with Gasteiger partial charge in [-0.05, 0) is 93.1 Å². The summed E-state index contributed by atoms with van der Waals surface area (Å²) in [6.07, 6.45) is 2.95. The van der Waals surface area contributed by atoms with Crippen LogP contribution in [-0.4, -0.2) is 56.6 Å². The fraction of sp³-hybridized carbons (Fsp3) is 0.375. The number of anilines is 1. The number of hydrogen-bond acceptors (Lipinski definition) is 6. The Morgan fingerprint density at radius 1 is 0.953 bits per heavy atom. The number of nitrogens with zero attached hydrogens (tertiary/aromatic N) is 2. The van der Waals surface area contributed by atoms with Crippen LogP contribution in [0.4, 0.5) is 5.69 Å². The van der Waals surface area contributed by atoms with E-state index in [0.29, 0.717) is 35.1 Å². The second-order valence-electron chi connectivity index (χ2n) is 9.97. The van der Waals surface area contributed by atoms with Crippen LogP contribution in [0.5, 0.6) is 5.75 Å². The average Bonchev–Trinajstić information content (AvgIpc) is 3.01. The molecule has 2 amide bonds. The number of benzene rings is 3. The van der Waals surface area contributed by atoms with E-state index in [1.807, 2.05) is 34.0 Å². The highest BCUT2D eigenvalue weighted by Gasteiger charge is 2.34. The van der Waals surface area contributed by atoms with Gasteiger partial charge in [0.25, 0.3) is 10.0 Å². The van der Waals surface area contributed by atoms with Crippen LogP contribution in [0.15, 0.2) is 82.6 Å². The normalized spacial score (nSPS) is 12.7. The Balaban J connectivity index is 2.08. The SMILES string of the molecule is CCOc1ccc(N(CC(=O)N(Cc2ccccc2Cl)[C@@H](CC)C(=O)N[C@@H](C)CC)S(=O)(=O)c2ccc(SC)cc2)cc1. The summed E-state index contributed by atoms with van der Waals surface area (Å²) in [6, 6.07) is 19.2. The van der Waals surface area contributed by atoms with Crippen molar-refractivity contribution in [3.05, 3.63) is 83.4 Å². The molecule has 0 bridgehead atoms. The van der Waals surface area contributed by atoms with Gasteiger partial charge in [0.15, 0.2) is 0 Å². The van der Waals surface area contributed by atoms with E-state index in [0.717, 1.165) is 15.6 Å². The van der Waals surface area contributed by atoms with E-state index < -0.39 is 28.5 Å². The van der Waals surface area contributed by atoms with Gasteiger partial charge >= 0.3 is 0 Å². The number of sulfonamides is 1. The van der Waals surface area contributed by atoms with Crippen molar-refractivity contribution in [3.8, 4) is 5.75 Å². The number of halogens is 1. The van der Waals surface area contributed by atoms with Gasteiger partial charge < -0.3 is 15.0 Å². The molecule has 3 rings (SSSR count). The lowest BCUT2D eigenvalue weighted by Crippen LogP contribution is -2.53. The van der Waals surface area contributed by atoms with Crippen molar-refractivity contribution < 1.29 is 22.7 Å². The number of hydrogen-bond donors (Lipinski definition) is 1. The Hall–Kier alpha value is -3.21. The lowest BCUT2D eigenvalue weighted by molar-refractivity contribution is -0.140. The number of amides is 2. The summed E-state index contributed by atoms with van der Waals surface area (Å²) < 4.78 is 34.8. The van der Waals surface area contributed by atoms with E-state index in [4.69, 9.17) is 16.3 Å². The van der Waals surface area contributed by atoms with Crippen molar-refractivity contribution >= 4 is 50.9 Å². The predicted octanol–water partition coefficient (Wildman–Crippen LogP) is 6.38. The van der Waals surface area contributed by atoms with Crippen molar-refractivity contribution in [2.75, 3.05) is 23.7 Å². The van der Waals surface area contributed by atoms with E-state index >= 15 is 0 Å². The van der Waals surface area contributed by atoms with Crippen molar-refractivity contribution in [1.29, 1.82) is 0 Å². The van der Waals surface area contributed by atoms with E-state index in [-0.39, 0.29) is 23.4 Å². The Morgan fingerprint density at radius 2 is 1.60 bits per heavy atom. The summed E-state index contributed by atoms with van der Waals surface area (Å²) in [5, 5.41) is 3.42. The molecule has 1 N–H and O–H groups in total. The molecule has 0 radical (unpaired) electrons. The van der Waals surface area contributed by atoms with Crippen molar-refractivity contribution in [1.82, 2.24) is 10.2 Å². The first kappa shape index (κ1) is 34.3. The lowest BCUT2D eigenvalue weighted by Gasteiger charge is -2.34. The molecular formula is C32H40ClN3O5S2. The fourth-order valence-corrected chi connectivity index (χ4v) is 6.47. The summed E-state index contributed by atoms with van der Waals surface area (Å²) >= 11 is 7.97. The average molecular weight is 646 g/mol. The number of carbonyl (C=O) groups is 2. The molecule has 0 saturated carbocycles. The molecule has 8 nitrogen and oxygen atoms in total. The minimum atomic E-state index is -4.18. The lowest BCUT2D eigenvalue weighted by atomic mass is 10.1. The Labute approximate surface area is 264 Å². The molecule has 0 aliphatic carbocycles. The van der Waals surface area contributed by atoms with E-state index in [9.17, 15) is 18.0 Å². The molecule has 43 heavy (non-hydrogen) atoms. The van der Waals surface area contributed by atoms with Crippen LogP contribution in [0.1, 0.15) is 46.1 Å². The first-order valence-corrected chi connectivity index (χ1v) is 17.3. The Kier molecular flexibility index (Phi) is 12.8. The van der Waals surface area contributed by atoms with E-state index in [1.54, 1.807) is 60.7 Å². The highest BCUT2D eigenvalue weighted by Crippen LogP contribution is 2.28. The first-order valence-electron chi connectivity index (χ1n) is 14.3. The van der Waals surface area contributed by atoms with Gasteiger partial charge in [-0.2, -0.15) is 0 Å². The molecule has 0 fully saturated rings. The van der Waals surface area contributed by atoms with Gasteiger partial charge in [0, 0.05) is 22.5 Å². The van der Waals surface area contributed by atoms with Gasteiger partial charge in [-0.25, -0.2) is 8.42 Å². The number of ether oxygens (including phenoxy) is 1. The summed E-state index contributed by atoms with van der Waals surface area (Å²) in [7, 11) is -4.18. The molecule has 232 valence electrons. The van der Waals surface area contributed by atoms with Gasteiger partial charge in [0.2, 0.25) is 11.8 Å². The monoisotopic (exact) mass is 645 g/mol. The fourth-order valence-electron chi connectivity index (χ4n) is 4.45. The van der Waals surface area contributed by atoms with Gasteiger partial charge in [0.05, 0.1) is 17.2 Å². The predicted molar refractivity (Wildman–Crippen MR) is 174 cm³/mol. The molecule has 0 aliphatic rings. The van der Waals surface area contributed by atoms with Crippen molar-refractivity contribution in [3.63, 3.8) is 0 Å². The van der Waals surface area contributed by atoms with E-state index in [2.05, 4.69) is 5.32 Å². The van der Waals surface area contributed by atoms with Gasteiger partial charge in [-0.15, -0.1) is 11.8 Å². The topological polar surface area (TPSA) is 96.0 Å². The maximum absolute atomic E-state index is 14.2. The highest BCUT2D eigenvalue weighted by molar-refractivity contribution is 7.98. The van der Waals surface area contributed by atoms with Crippen LogP contribution in [0.3, 0.4) is 0 Å². The first-order chi connectivity index (χ1) is 20.5. The second kappa shape index (κ2) is 16.0. The summed E-state index contributed by atoms with van der Waals surface area (Å²) in [5.74, 6) is -0.267. The number of thioether (sulfide) groups is 1. The highest BCUT2D eigenvalue weighted by atomic mass is 35.5. The van der Waals surface area contributed by atoms with E-state index in [1.165, 1.54) is 28.8 Å². The number of carbonyl (C=O) groups excluding carboxylic acids is 2. The Bertz CT molecular complexity index is 1470. The molecular weight excluding hydrogens is 606 g/mol. The Morgan fingerprint density at radius 3 is 2.16 bits per heavy atom. The minimum absolute atomic E-state index is 0.0323. The molecule has 3 aromatic rings. The largest absolute Gasteiger partial charge is 0.494 e. The number of rotatable bonds is 15. The molecule has 2 atom stereocenters. The summed E-state index contributed by atoms with van der Waals surface area (Å²) in [6.45, 7) is 7.49. The van der Waals surface area contributed by atoms with Gasteiger partial charge in [-0.1, -0.05) is 43.6 Å². The van der Waals surface area contributed by atoms with Crippen LogP contribution in [0.2, 0.25) is 5.02 Å². The number of nitrogens with one attached hydrogen (secondary N) is 1. The van der Waals surface area contributed by atoms with Crippen LogP contribution >= 0.6 is 23.4 Å².